The van der Waals surface area contributed by atoms with E-state index in [0.29, 0.717) is 73.2 Å². The normalized spacial score (nSPS) is 27.2. The fourth-order valence-electron chi connectivity index (χ4n) is 12.9. The molecule has 0 bridgehead atoms. The molecule has 4 aliphatic heterocycles. The predicted octanol–water partition coefficient (Wildman–Crippen LogP) is 9.41. The maximum absolute atomic E-state index is 14.8. The van der Waals surface area contributed by atoms with Crippen molar-refractivity contribution in [2.45, 2.75) is 230 Å². The molecule has 0 unspecified atom stereocenters. The highest BCUT2D eigenvalue weighted by Crippen LogP contribution is 2.49. The number of nitrogens with one attached hydrogen (secondary N) is 4. The maximum Gasteiger partial charge on any atom is 0.410 e. The summed E-state index contributed by atoms with van der Waals surface area (Å²) in [6.45, 7) is 23.7. The third-order valence-electron chi connectivity index (χ3n) is 17.7. The van der Waals surface area contributed by atoms with Crippen molar-refractivity contribution in [1.29, 1.82) is 0 Å². The van der Waals surface area contributed by atoms with Crippen LogP contribution >= 0.6 is 48.0 Å². The molecular formula is C64H94N8O10S4. The summed E-state index contributed by atoms with van der Waals surface area (Å²) in [4.78, 5) is 92.0. The molecule has 474 valence electrons. The number of thiocarbonyl (C=S) groups is 2. The number of benzene rings is 2. The van der Waals surface area contributed by atoms with Crippen LogP contribution in [0.3, 0.4) is 0 Å². The first kappa shape index (κ1) is 67.2. The van der Waals surface area contributed by atoms with Crippen LogP contribution in [-0.2, 0) is 51.0 Å². The van der Waals surface area contributed by atoms with Gasteiger partial charge in [-0.25, -0.2) is 9.59 Å². The number of nitrogens with zero attached hydrogens (tertiary/aromatic N) is 4. The van der Waals surface area contributed by atoms with Crippen LogP contribution in [0, 0.1) is 10.8 Å². The lowest BCUT2D eigenvalue weighted by molar-refractivity contribution is -0.143. The summed E-state index contributed by atoms with van der Waals surface area (Å²) >= 11 is 15.0. The fraction of sp³-hybridized carbons (Fsp3) is 0.688. The number of fused-ring (bicyclic) bond motifs is 4. The Balaban J connectivity index is 0.833. The summed E-state index contributed by atoms with van der Waals surface area (Å²) in [7, 11) is 3.26. The van der Waals surface area contributed by atoms with Crippen molar-refractivity contribution in [3.63, 3.8) is 0 Å². The van der Waals surface area contributed by atoms with Gasteiger partial charge in [-0.1, -0.05) is 114 Å². The van der Waals surface area contributed by atoms with Crippen molar-refractivity contribution >= 4 is 93.8 Å². The van der Waals surface area contributed by atoms with Gasteiger partial charge in [0.05, 0.1) is 57.1 Å². The average Bonchev–Trinajstić information content (AvgIpc) is 1.70. The topological polar surface area (TPSA) is 200 Å². The van der Waals surface area contributed by atoms with Crippen LogP contribution in [0.25, 0.3) is 0 Å². The summed E-state index contributed by atoms with van der Waals surface area (Å²) in [5, 5.41) is 13.0. The van der Waals surface area contributed by atoms with Crippen molar-refractivity contribution in [2.24, 2.45) is 10.8 Å². The number of unbranched alkanes of at least 4 members (excludes halogenated alkanes) is 3. The first-order valence-electron chi connectivity index (χ1n) is 30.8. The van der Waals surface area contributed by atoms with Crippen LogP contribution in [0.15, 0.2) is 48.5 Å². The van der Waals surface area contributed by atoms with E-state index in [1.54, 1.807) is 103 Å². The molecule has 4 saturated heterocycles. The van der Waals surface area contributed by atoms with Gasteiger partial charge in [-0.2, -0.15) is 0 Å². The molecule has 2 aromatic carbocycles. The molecule has 2 aromatic rings. The number of hydrogen-bond acceptors (Lipinski definition) is 14. The average molecular weight is 1260 g/mol. The molecule has 12 atom stereocenters. The zero-order valence-corrected chi connectivity index (χ0v) is 56.2. The Kier molecular flexibility index (Phi) is 21.5. The Bertz CT molecular complexity index is 2660. The summed E-state index contributed by atoms with van der Waals surface area (Å²) < 4.78 is 24.5. The Morgan fingerprint density at radius 2 is 0.965 bits per heavy atom. The van der Waals surface area contributed by atoms with Gasteiger partial charge in [0.1, 0.15) is 35.4 Å². The molecular weight excluding hydrogens is 1170 g/mol. The Hall–Kier alpha value is -4.74. The van der Waals surface area contributed by atoms with Crippen LogP contribution in [-0.4, -0.2) is 175 Å². The third kappa shape index (κ3) is 15.6. The minimum atomic E-state index is -0.734. The largest absolute Gasteiger partial charge is 0.444 e. The number of carbonyl (C=O) groups is 6. The zero-order chi connectivity index (χ0) is 62.8. The van der Waals surface area contributed by atoms with Gasteiger partial charge >= 0.3 is 12.2 Å². The number of hydrogen-bond donors (Lipinski definition) is 4. The van der Waals surface area contributed by atoms with Crippen LogP contribution in [0.1, 0.15) is 169 Å². The molecule has 4 N–H and O–H groups in total. The van der Waals surface area contributed by atoms with E-state index in [0.717, 1.165) is 47.9 Å². The highest BCUT2D eigenvalue weighted by atomic mass is 32.2. The van der Waals surface area contributed by atoms with E-state index < -0.39 is 82.6 Å². The first-order chi connectivity index (χ1) is 40.4. The summed E-state index contributed by atoms with van der Waals surface area (Å²) in [6, 6.07) is 11.6. The van der Waals surface area contributed by atoms with Crippen LogP contribution in [0.4, 0.5) is 9.59 Å². The van der Waals surface area contributed by atoms with E-state index in [9.17, 15) is 28.8 Å². The van der Waals surface area contributed by atoms with Gasteiger partial charge < -0.3 is 59.8 Å². The van der Waals surface area contributed by atoms with Gasteiger partial charge in [-0.05, 0) is 139 Å². The molecule has 18 nitrogen and oxygen atoms in total. The number of ether oxygens (including phenoxy) is 4. The van der Waals surface area contributed by atoms with E-state index in [4.69, 9.17) is 43.4 Å². The summed E-state index contributed by atoms with van der Waals surface area (Å²) in [5.41, 5.74) is 1.90. The SMILES string of the molecule is C[C@@H](C(=S)N[C@H]1CCS[C@H]2CC(C)(C)[C@@H](C(=O)N[C@H]3c4ccccc4C[C@H]3OCCCCCCO[C@@H]3Cc4ccccc4[C@@H]3NC(=O)[C@H]3N4C(=O)[C@@H](NC(=S)[C@H](C)N(C)C(=O)OC(C)(C)C)CCS[C@H]4CC3(C)C)N2C1=O)N(C)C(=O)OC(C)(C)C. The second-order valence-electron chi connectivity index (χ2n) is 27.6. The van der Waals surface area contributed by atoms with Crippen LogP contribution in [0.5, 0.6) is 0 Å². The lowest BCUT2D eigenvalue weighted by Crippen LogP contribution is -2.58. The van der Waals surface area contributed by atoms with Crippen molar-refractivity contribution in [1.82, 2.24) is 40.9 Å². The molecule has 0 radical (unpaired) electrons. The van der Waals surface area contributed by atoms with E-state index >= 15 is 0 Å². The lowest BCUT2D eigenvalue weighted by Gasteiger charge is -2.36. The molecule has 0 spiro atoms. The molecule has 0 saturated carbocycles. The highest BCUT2D eigenvalue weighted by molar-refractivity contribution is 8.00. The van der Waals surface area contributed by atoms with Crippen molar-refractivity contribution in [2.75, 3.05) is 38.8 Å². The van der Waals surface area contributed by atoms with Gasteiger partial charge in [0.25, 0.3) is 0 Å². The number of rotatable bonds is 19. The van der Waals surface area contributed by atoms with Gasteiger partial charge in [0, 0.05) is 40.2 Å². The molecule has 4 fully saturated rings. The Morgan fingerprint density at radius 1 is 0.605 bits per heavy atom. The Labute approximate surface area is 529 Å². The van der Waals surface area contributed by atoms with Gasteiger partial charge in [-0.3, -0.25) is 19.2 Å². The van der Waals surface area contributed by atoms with E-state index in [1.165, 1.54) is 9.80 Å². The number of amides is 6. The predicted molar refractivity (Wildman–Crippen MR) is 346 cm³/mol. The number of carbonyl (C=O) groups excluding carboxylic acids is 6. The van der Waals surface area contributed by atoms with Crippen LogP contribution in [0.2, 0.25) is 0 Å². The van der Waals surface area contributed by atoms with E-state index in [-0.39, 0.29) is 46.6 Å². The van der Waals surface area contributed by atoms with Crippen molar-refractivity contribution in [3.05, 3.63) is 70.8 Å². The fourth-order valence-corrected chi connectivity index (χ4v) is 16.6. The van der Waals surface area contributed by atoms with Crippen molar-refractivity contribution < 1.29 is 47.7 Å². The van der Waals surface area contributed by atoms with Gasteiger partial charge in [-0.15, -0.1) is 23.5 Å². The smallest absolute Gasteiger partial charge is 0.410 e. The molecule has 0 aromatic heterocycles. The molecule has 2 aliphatic carbocycles. The quantitative estimate of drug-likeness (QED) is 0.0765. The summed E-state index contributed by atoms with van der Waals surface area (Å²) in [6.07, 6.45) is 5.50. The first-order valence-corrected chi connectivity index (χ1v) is 33.7. The molecule has 8 rings (SSSR count). The zero-order valence-electron chi connectivity index (χ0n) is 53.0. The van der Waals surface area contributed by atoms with Crippen molar-refractivity contribution in [3.8, 4) is 0 Å². The minimum Gasteiger partial charge on any atom is -0.444 e. The van der Waals surface area contributed by atoms with Gasteiger partial charge in [0.15, 0.2) is 0 Å². The monoisotopic (exact) mass is 1260 g/mol. The number of likely N-dealkylation sites (N-methyl/N-ethyl adjacent to an activating group) is 2. The molecule has 6 aliphatic rings. The highest BCUT2D eigenvalue weighted by Gasteiger charge is 2.57. The molecule has 22 heteroatoms. The minimum absolute atomic E-state index is 0.178. The van der Waals surface area contributed by atoms with E-state index in [1.807, 2.05) is 24.3 Å². The second kappa shape index (κ2) is 27.6. The summed E-state index contributed by atoms with van der Waals surface area (Å²) in [5.74, 6) is 0.621. The molecule has 4 heterocycles. The lowest BCUT2D eigenvalue weighted by atomic mass is 9.83. The third-order valence-corrected chi connectivity index (χ3v) is 21.1. The second-order valence-corrected chi connectivity index (χ2v) is 31.0. The Morgan fingerprint density at radius 3 is 1.33 bits per heavy atom. The van der Waals surface area contributed by atoms with E-state index in [2.05, 4.69) is 73.2 Å². The number of thioether (sulfide) groups is 2. The maximum atomic E-state index is 14.8. The molecule has 6 amide bonds. The molecule has 86 heavy (non-hydrogen) atoms. The van der Waals surface area contributed by atoms with Gasteiger partial charge in [0.2, 0.25) is 23.6 Å². The standard InChI is InChI=1S/C64H94N8O10S4/c1-37(69(13)59(77)81-61(3,4)5)55(83)65-43-27-31-85-47-35-63(9,10)51(71(47)57(43)75)53(73)67-49-41-25-19-17-23-39(41)33-45(49)79-29-21-15-16-22-30-80-46-34-40-24-18-20-26-42(40)50(46)68-54(74)52-64(11,12)36-48-72(52)58(76)44(28-32-86-48)66-56(84)38(2)70(14)60(78)82-62(6,7)8/h17-20,23-26,37-38,43-52H,15-16,21-22,27-36H2,1-14H3,(H,65,83)(H,66,84)(H,67,73)(H,68,74)/t37-,38-,43-,44-,45+,46+,47-,48-,49-,50-,51+,52+/m0/s1. The van der Waals surface area contributed by atoms with Crippen LogP contribution < -0.4 is 21.3 Å².